The van der Waals surface area contributed by atoms with Crippen molar-refractivity contribution >= 4 is 17.7 Å². The standard InChI is InChI=1S/C16H20N2O6/c1-9(18(2)16(22)11(17)4-6-14(19)20)15(21)10-3-5-12-13(7-10)24-8-23-12/h3,5,7,9,11H,4,6,8,17H2,1-2H3,(H,19,20)/t9-,11-/m0/s1. The van der Waals surface area contributed by atoms with Crippen LogP contribution in [0.3, 0.4) is 0 Å². The lowest BCUT2D eigenvalue weighted by molar-refractivity contribution is -0.137. The summed E-state index contributed by atoms with van der Waals surface area (Å²) in [6, 6.07) is 3.12. The van der Waals surface area contributed by atoms with Gasteiger partial charge in [-0.2, -0.15) is 0 Å². The van der Waals surface area contributed by atoms with E-state index in [0.29, 0.717) is 17.1 Å². The van der Waals surface area contributed by atoms with Crippen LogP contribution < -0.4 is 15.2 Å². The summed E-state index contributed by atoms with van der Waals surface area (Å²) in [5.74, 6) is -0.711. The minimum absolute atomic E-state index is 0.0173. The molecule has 1 heterocycles. The number of amides is 1. The van der Waals surface area contributed by atoms with E-state index in [1.54, 1.807) is 25.1 Å². The summed E-state index contributed by atoms with van der Waals surface area (Å²) in [6.07, 6.45) is -0.186. The molecule has 0 spiro atoms. The molecule has 0 aliphatic carbocycles. The second kappa shape index (κ2) is 7.31. The van der Waals surface area contributed by atoms with Crippen molar-refractivity contribution in [2.24, 2.45) is 5.73 Å². The molecule has 2 atom stereocenters. The summed E-state index contributed by atoms with van der Waals surface area (Å²) in [7, 11) is 1.47. The van der Waals surface area contributed by atoms with Gasteiger partial charge in [0.2, 0.25) is 12.7 Å². The summed E-state index contributed by atoms with van der Waals surface area (Å²) in [5, 5.41) is 8.65. The second-order valence-corrected chi connectivity index (χ2v) is 5.60. The summed E-state index contributed by atoms with van der Waals surface area (Å²) >= 11 is 0. The zero-order valence-electron chi connectivity index (χ0n) is 13.5. The highest BCUT2D eigenvalue weighted by molar-refractivity contribution is 6.02. The molecule has 0 radical (unpaired) electrons. The van der Waals surface area contributed by atoms with Crippen molar-refractivity contribution in [3.8, 4) is 11.5 Å². The number of aliphatic carboxylic acids is 1. The number of fused-ring (bicyclic) bond motifs is 1. The fourth-order valence-electron chi connectivity index (χ4n) is 2.32. The predicted molar refractivity (Wildman–Crippen MR) is 84.0 cm³/mol. The van der Waals surface area contributed by atoms with Gasteiger partial charge in [0.25, 0.3) is 0 Å². The Morgan fingerprint density at radius 1 is 1.29 bits per heavy atom. The first kappa shape index (κ1) is 17.7. The lowest BCUT2D eigenvalue weighted by Crippen LogP contribution is -2.48. The van der Waals surface area contributed by atoms with Crippen LogP contribution in [-0.4, -0.2) is 53.6 Å². The molecule has 0 aromatic heterocycles. The van der Waals surface area contributed by atoms with Gasteiger partial charge in [-0.1, -0.05) is 0 Å². The number of carboxylic acid groups (broad SMARTS) is 1. The van der Waals surface area contributed by atoms with E-state index in [4.69, 9.17) is 20.3 Å². The van der Waals surface area contributed by atoms with Crippen LogP contribution in [0.2, 0.25) is 0 Å². The molecule has 0 bridgehead atoms. The molecule has 0 fully saturated rings. The molecule has 1 amide bonds. The van der Waals surface area contributed by atoms with E-state index in [1.807, 2.05) is 0 Å². The van der Waals surface area contributed by atoms with E-state index in [-0.39, 0.29) is 25.4 Å². The van der Waals surface area contributed by atoms with E-state index < -0.39 is 24.0 Å². The number of rotatable bonds is 7. The predicted octanol–water partition coefficient (Wildman–Crippen LogP) is 0.637. The van der Waals surface area contributed by atoms with Crippen LogP contribution in [0.1, 0.15) is 30.1 Å². The lowest BCUT2D eigenvalue weighted by atomic mass is 10.0. The maximum Gasteiger partial charge on any atom is 0.303 e. The number of nitrogens with zero attached hydrogens (tertiary/aromatic N) is 1. The van der Waals surface area contributed by atoms with Gasteiger partial charge >= 0.3 is 5.97 Å². The monoisotopic (exact) mass is 336 g/mol. The Bertz CT molecular complexity index is 660. The van der Waals surface area contributed by atoms with Crippen LogP contribution in [0.5, 0.6) is 11.5 Å². The van der Waals surface area contributed by atoms with Crippen molar-refractivity contribution in [2.75, 3.05) is 13.8 Å². The van der Waals surface area contributed by atoms with Crippen molar-refractivity contribution in [2.45, 2.75) is 31.8 Å². The third-order valence-electron chi connectivity index (χ3n) is 3.95. The number of ketones is 1. The largest absolute Gasteiger partial charge is 0.481 e. The Labute approximate surface area is 139 Å². The molecule has 1 aromatic rings. The summed E-state index contributed by atoms with van der Waals surface area (Å²) in [6.45, 7) is 1.70. The van der Waals surface area contributed by atoms with E-state index >= 15 is 0 Å². The maximum atomic E-state index is 12.6. The number of hydrogen-bond acceptors (Lipinski definition) is 6. The summed E-state index contributed by atoms with van der Waals surface area (Å²) < 4.78 is 10.4. The van der Waals surface area contributed by atoms with Crippen molar-refractivity contribution < 1.29 is 29.0 Å². The van der Waals surface area contributed by atoms with Crippen molar-refractivity contribution in [3.63, 3.8) is 0 Å². The van der Waals surface area contributed by atoms with Crippen molar-refractivity contribution in [3.05, 3.63) is 23.8 Å². The Balaban J connectivity index is 2.03. The first-order chi connectivity index (χ1) is 11.3. The topological polar surface area (TPSA) is 119 Å². The van der Waals surface area contributed by atoms with Gasteiger partial charge in [-0.3, -0.25) is 14.4 Å². The van der Waals surface area contributed by atoms with E-state index in [9.17, 15) is 14.4 Å². The molecule has 130 valence electrons. The second-order valence-electron chi connectivity index (χ2n) is 5.60. The zero-order valence-corrected chi connectivity index (χ0v) is 13.5. The SMILES string of the molecule is C[C@@H](C(=O)c1ccc2c(c1)OCO2)N(C)C(=O)[C@@H](N)CCC(=O)O. The van der Waals surface area contributed by atoms with Crippen LogP contribution in [-0.2, 0) is 9.59 Å². The first-order valence-corrected chi connectivity index (χ1v) is 7.49. The molecule has 1 aliphatic rings. The Morgan fingerprint density at radius 3 is 2.62 bits per heavy atom. The Hall–Kier alpha value is -2.61. The van der Waals surface area contributed by atoms with Crippen LogP contribution in [0.25, 0.3) is 0 Å². The molecule has 3 N–H and O–H groups in total. The number of Topliss-reactive ketones (excluding diaryl/α,β-unsaturated/α-hetero) is 1. The van der Waals surface area contributed by atoms with Crippen LogP contribution in [0, 0.1) is 0 Å². The van der Waals surface area contributed by atoms with Crippen molar-refractivity contribution in [1.82, 2.24) is 4.90 Å². The van der Waals surface area contributed by atoms with Gasteiger partial charge in [0.1, 0.15) is 0 Å². The summed E-state index contributed by atoms with van der Waals surface area (Å²) in [5.41, 5.74) is 6.11. The Kier molecular flexibility index (Phi) is 5.40. The number of nitrogens with two attached hydrogens (primary N) is 1. The normalized spacial score (nSPS) is 14.8. The molecule has 0 saturated carbocycles. The Morgan fingerprint density at radius 2 is 1.96 bits per heavy atom. The lowest BCUT2D eigenvalue weighted by Gasteiger charge is -2.26. The highest BCUT2D eigenvalue weighted by Gasteiger charge is 2.28. The molecule has 1 aromatic carbocycles. The number of ether oxygens (including phenoxy) is 2. The van der Waals surface area contributed by atoms with Crippen LogP contribution in [0.15, 0.2) is 18.2 Å². The van der Waals surface area contributed by atoms with Gasteiger partial charge < -0.3 is 25.2 Å². The molecule has 0 saturated heterocycles. The van der Waals surface area contributed by atoms with Gasteiger partial charge in [-0.25, -0.2) is 0 Å². The number of hydrogen-bond donors (Lipinski definition) is 2. The zero-order chi connectivity index (χ0) is 17.9. The third kappa shape index (κ3) is 3.83. The minimum Gasteiger partial charge on any atom is -0.481 e. The highest BCUT2D eigenvalue weighted by Crippen LogP contribution is 2.32. The average molecular weight is 336 g/mol. The maximum absolute atomic E-state index is 12.6. The van der Waals surface area contributed by atoms with E-state index in [0.717, 1.165) is 0 Å². The molecular weight excluding hydrogens is 316 g/mol. The number of carbonyl (C=O) groups is 3. The van der Waals surface area contributed by atoms with E-state index in [1.165, 1.54) is 11.9 Å². The minimum atomic E-state index is -1.02. The van der Waals surface area contributed by atoms with E-state index in [2.05, 4.69) is 0 Å². The van der Waals surface area contributed by atoms with Gasteiger partial charge in [0.05, 0.1) is 12.1 Å². The van der Waals surface area contributed by atoms with Crippen LogP contribution >= 0.6 is 0 Å². The van der Waals surface area contributed by atoms with Gasteiger partial charge in [-0.05, 0) is 31.5 Å². The summed E-state index contributed by atoms with van der Waals surface area (Å²) in [4.78, 5) is 36.6. The molecule has 8 heteroatoms. The number of carboxylic acids is 1. The molecule has 24 heavy (non-hydrogen) atoms. The fourth-order valence-corrected chi connectivity index (χ4v) is 2.32. The first-order valence-electron chi connectivity index (χ1n) is 7.49. The molecule has 2 rings (SSSR count). The third-order valence-corrected chi connectivity index (χ3v) is 3.95. The van der Waals surface area contributed by atoms with Gasteiger partial charge in [0.15, 0.2) is 17.3 Å². The van der Waals surface area contributed by atoms with Gasteiger partial charge in [0, 0.05) is 19.0 Å². The van der Waals surface area contributed by atoms with Gasteiger partial charge in [-0.15, -0.1) is 0 Å². The van der Waals surface area contributed by atoms with Crippen molar-refractivity contribution in [1.29, 1.82) is 0 Å². The highest BCUT2D eigenvalue weighted by atomic mass is 16.7. The number of benzene rings is 1. The molecule has 1 aliphatic heterocycles. The fraction of sp³-hybridized carbons (Fsp3) is 0.438. The van der Waals surface area contributed by atoms with Crippen LogP contribution in [0.4, 0.5) is 0 Å². The number of carbonyl (C=O) groups excluding carboxylic acids is 2. The quantitative estimate of drug-likeness (QED) is 0.701. The molecular formula is C16H20N2O6. The molecule has 0 unspecified atom stereocenters. The molecule has 8 nitrogen and oxygen atoms in total. The number of likely N-dealkylation sites (N-methyl/N-ethyl adjacent to an activating group) is 1. The smallest absolute Gasteiger partial charge is 0.303 e. The average Bonchev–Trinajstić information content (AvgIpc) is 3.04.